The molecule has 1 aromatic carbocycles. The largest absolute Gasteiger partial charge is 0.468 e. The predicted molar refractivity (Wildman–Crippen MR) is 78.3 cm³/mol. The number of benzene rings is 1. The fourth-order valence-electron chi connectivity index (χ4n) is 2.77. The first kappa shape index (κ1) is 15.9. The zero-order valence-electron chi connectivity index (χ0n) is 12.2. The summed E-state index contributed by atoms with van der Waals surface area (Å²) in [6, 6.07) is 6.17. The normalized spacial score (nSPS) is 21.0. The number of esters is 1. The summed E-state index contributed by atoms with van der Waals surface area (Å²) in [5.74, 6) is -0.546. The van der Waals surface area contributed by atoms with Gasteiger partial charge in [-0.2, -0.15) is 0 Å². The van der Waals surface area contributed by atoms with Crippen LogP contribution in [-0.2, 0) is 16.0 Å². The number of nitrogens with two attached hydrogens (primary N) is 1. The quantitative estimate of drug-likeness (QED) is 0.757. The van der Waals surface area contributed by atoms with Crippen molar-refractivity contribution in [2.24, 2.45) is 5.73 Å². The Hall–Kier alpha value is -1.50. The number of carbonyl (C=O) groups is 1. The topological polar surface area (TPSA) is 67.6 Å². The first-order valence-electron chi connectivity index (χ1n) is 7.14. The summed E-state index contributed by atoms with van der Waals surface area (Å²) in [4.78, 5) is 14.0. The van der Waals surface area contributed by atoms with E-state index < -0.39 is 6.04 Å². The number of carbonyl (C=O) groups excluding carboxylic acids is 1. The van der Waals surface area contributed by atoms with Gasteiger partial charge in [0.05, 0.1) is 7.11 Å². The summed E-state index contributed by atoms with van der Waals surface area (Å²) in [5, 5.41) is 3.32. The zero-order valence-corrected chi connectivity index (χ0v) is 12.2. The molecule has 0 radical (unpaired) electrons. The van der Waals surface area contributed by atoms with Gasteiger partial charge in [0.15, 0.2) is 0 Å². The highest BCUT2D eigenvalue weighted by Crippen LogP contribution is 2.15. The lowest BCUT2D eigenvalue weighted by atomic mass is 10.0. The van der Waals surface area contributed by atoms with Gasteiger partial charge < -0.3 is 15.8 Å². The van der Waals surface area contributed by atoms with Gasteiger partial charge in [-0.15, -0.1) is 0 Å². The summed E-state index contributed by atoms with van der Waals surface area (Å²) in [6.07, 6.45) is 0.737. The van der Waals surface area contributed by atoms with Crippen molar-refractivity contribution in [3.05, 3.63) is 35.6 Å². The van der Waals surface area contributed by atoms with E-state index in [1.807, 2.05) is 0 Å². The van der Waals surface area contributed by atoms with Gasteiger partial charge in [-0.3, -0.25) is 9.69 Å². The Balaban J connectivity index is 2.10. The van der Waals surface area contributed by atoms with Crippen LogP contribution in [0.25, 0.3) is 0 Å². The second-order valence-corrected chi connectivity index (χ2v) is 5.20. The average Bonchev–Trinajstić information content (AvgIpc) is 2.51. The molecule has 0 aliphatic carbocycles. The molecule has 0 spiro atoms. The van der Waals surface area contributed by atoms with Gasteiger partial charge in [-0.25, -0.2) is 4.39 Å². The summed E-state index contributed by atoms with van der Waals surface area (Å²) in [7, 11) is 1.38. The van der Waals surface area contributed by atoms with Crippen LogP contribution in [-0.4, -0.2) is 56.2 Å². The van der Waals surface area contributed by atoms with Crippen LogP contribution in [0, 0.1) is 5.82 Å². The van der Waals surface area contributed by atoms with Crippen molar-refractivity contribution in [3.8, 4) is 0 Å². The molecule has 0 bridgehead atoms. The minimum absolute atomic E-state index is 0.136. The molecule has 1 aliphatic rings. The maximum Gasteiger partial charge on any atom is 0.324 e. The average molecular weight is 295 g/mol. The molecule has 1 fully saturated rings. The number of rotatable bonds is 5. The van der Waals surface area contributed by atoms with Crippen LogP contribution in [0.1, 0.15) is 5.56 Å². The lowest BCUT2D eigenvalue weighted by Crippen LogP contribution is -2.60. The Morgan fingerprint density at radius 2 is 2.24 bits per heavy atom. The predicted octanol–water partition coefficient (Wildman–Crippen LogP) is 0.142. The lowest BCUT2D eigenvalue weighted by Gasteiger charge is -2.40. The molecular formula is C15H22FN3O2. The number of piperazine rings is 1. The van der Waals surface area contributed by atoms with Crippen LogP contribution in [0.15, 0.2) is 24.3 Å². The molecular weight excluding hydrogens is 273 g/mol. The molecule has 1 saturated heterocycles. The first-order chi connectivity index (χ1) is 10.2. The first-order valence-corrected chi connectivity index (χ1v) is 7.14. The number of ether oxygens (including phenoxy) is 1. The fourth-order valence-corrected chi connectivity index (χ4v) is 2.77. The number of nitrogens with zero attached hydrogens (tertiary/aromatic N) is 1. The van der Waals surface area contributed by atoms with E-state index in [4.69, 9.17) is 10.5 Å². The van der Waals surface area contributed by atoms with E-state index in [2.05, 4.69) is 10.2 Å². The number of hydrogen-bond acceptors (Lipinski definition) is 5. The van der Waals surface area contributed by atoms with E-state index >= 15 is 0 Å². The Kier molecular flexibility index (Phi) is 5.67. The third-order valence-corrected chi connectivity index (χ3v) is 3.88. The van der Waals surface area contributed by atoms with E-state index in [9.17, 15) is 9.18 Å². The van der Waals surface area contributed by atoms with Crippen molar-refractivity contribution in [2.45, 2.75) is 18.5 Å². The van der Waals surface area contributed by atoms with Crippen LogP contribution in [0.3, 0.4) is 0 Å². The van der Waals surface area contributed by atoms with E-state index in [1.165, 1.54) is 19.2 Å². The van der Waals surface area contributed by atoms with Gasteiger partial charge in [0.1, 0.15) is 11.9 Å². The molecule has 116 valence electrons. The molecule has 6 heteroatoms. The number of methoxy groups -OCH3 is 1. The minimum Gasteiger partial charge on any atom is -0.468 e. The Morgan fingerprint density at radius 1 is 1.52 bits per heavy atom. The second-order valence-electron chi connectivity index (χ2n) is 5.20. The van der Waals surface area contributed by atoms with Crippen LogP contribution >= 0.6 is 0 Å². The SMILES string of the molecule is COC(=O)[C@H](CN)N1CCNCC1Cc1ccc(F)cc1. The number of halogens is 1. The number of nitrogens with one attached hydrogen (secondary N) is 1. The van der Waals surface area contributed by atoms with Gasteiger partial charge in [0, 0.05) is 32.2 Å². The van der Waals surface area contributed by atoms with Crippen LogP contribution in [0.5, 0.6) is 0 Å². The van der Waals surface area contributed by atoms with Crippen LogP contribution in [0.2, 0.25) is 0 Å². The molecule has 21 heavy (non-hydrogen) atoms. The third kappa shape index (κ3) is 4.00. The van der Waals surface area contributed by atoms with Crippen molar-refractivity contribution < 1.29 is 13.9 Å². The molecule has 1 unspecified atom stereocenters. The molecule has 0 saturated carbocycles. The van der Waals surface area contributed by atoms with Crippen LogP contribution in [0.4, 0.5) is 4.39 Å². The highest BCUT2D eigenvalue weighted by atomic mass is 19.1. The molecule has 2 atom stereocenters. The lowest BCUT2D eigenvalue weighted by molar-refractivity contribution is -0.148. The summed E-state index contributed by atoms with van der Waals surface area (Å²) in [5.41, 5.74) is 6.78. The Morgan fingerprint density at radius 3 is 2.86 bits per heavy atom. The maximum absolute atomic E-state index is 13.0. The monoisotopic (exact) mass is 295 g/mol. The molecule has 1 aliphatic heterocycles. The molecule has 1 heterocycles. The summed E-state index contributed by atoms with van der Waals surface area (Å²) < 4.78 is 17.8. The highest BCUT2D eigenvalue weighted by molar-refractivity contribution is 5.76. The van der Waals surface area contributed by atoms with E-state index in [-0.39, 0.29) is 24.4 Å². The number of hydrogen-bond donors (Lipinski definition) is 2. The molecule has 0 amide bonds. The molecule has 0 aromatic heterocycles. The fraction of sp³-hybridized carbons (Fsp3) is 0.533. The third-order valence-electron chi connectivity index (χ3n) is 3.88. The minimum atomic E-state index is -0.428. The Labute approximate surface area is 124 Å². The molecule has 5 nitrogen and oxygen atoms in total. The molecule has 3 N–H and O–H groups in total. The van der Waals surface area contributed by atoms with Gasteiger partial charge in [0.2, 0.25) is 0 Å². The van der Waals surface area contributed by atoms with Gasteiger partial charge in [-0.05, 0) is 24.1 Å². The molecule has 1 aromatic rings. The Bertz CT molecular complexity index is 466. The molecule has 2 rings (SSSR count). The van der Waals surface area contributed by atoms with Gasteiger partial charge >= 0.3 is 5.97 Å². The van der Waals surface area contributed by atoms with Crippen LogP contribution < -0.4 is 11.1 Å². The van der Waals surface area contributed by atoms with Crippen molar-refractivity contribution in [1.82, 2.24) is 10.2 Å². The smallest absolute Gasteiger partial charge is 0.324 e. The van der Waals surface area contributed by atoms with E-state index in [0.717, 1.165) is 31.6 Å². The highest BCUT2D eigenvalue weighted by Gasteiger charge is 2.32. The van der Waals surface area contributed by atoms with Crippen molar-refractivity contribution in [3.63, 3.8) is 0 Å². The zero-order chi connectivity index (χ0) is 15.2. The van der Waals surface area contributed by atoms with Gasteiger partial charge in [0.25, 0.3) is 0 Å². The van der Waals surface area contributed by atoms with Crippen molar-refractivity contribution in [2.75, 3.05) is 33.3 Å². The maximum atomic E-state index is 13.0. The van der Waals surface area contributed by atoms with Crippen molar-refractivity contribution >= 4 is 5.97 Å². The second kappa shape index (κ2) is 7.49. The van der Waals surface area contributed by atoms with Crippen molar-refractivity contribution in [1.29, 1.82) is 0 Å². The van der Waals surface area contributed by atoms with Gasteiger partial charge in [-0.1, -0.05) is 12.1 Å². The van der Waals surface area contributed by atoms with E-state index in [1.54, 1.807) is 12.1 Å². The van der Waals surface area contributed by atoms with E-state index in [0.29, 0.717) is 0 Å². The summed E-state index contributed by atoms with van der Waals surface area (Å²) in [6.45, 7) is 2.55. The summed E-state index contributed by atoms with van der Waals surface area (Å²) >= 11 is 0. The standard InChI is InChI=1S/C15H22FN3O2/c1-21-15(20)14(9-17)19-7-6-18-10-13(19)8-11-2-4-12(16)5-3-11/h2-5,13-14,18H,6-10,17H2,1H3/t13?,14-/m0/s1.